The van der Waals surface area contributed by atoms with Crippen LogP contribution < -0.4 is 10.6 Å². The van der Waals surface area contributed by atoms with Crippen molar-refractivity contribution in [2.45, 2.75) is 50.1 Å². The predicted octanol–water partition coefficient (Wildman–Crippen LogP) is 5.79. The number of aromatic nitrogens is 4. The summed E-state index contributed by atoms with van der Waals surface area (Å²) in [6.07, 6.45) is 6.97. The summed E-state index contributed by atoms with van der Waals surface area (Å²) in [7, 11) is 0. The number of halogens is 2. The number of benzene rings is 3. The van der Waals surface area contributed by atoms with Crippen LogP contribution in [0.15, 0.2) is 66.7 Å². The monoisotopic (exact) mass is 573 g/mol. The molecule has 3 aromatic carbocycles. The number of likely N-dealkylation sites (tertiary alicyclic amines) is 1. The summed E-state index contributed by atoms with van der Waals surface area (Å²) >= 11 is 5.90. The number of anilines is 1. The fourth-order valence-electron chi connectivity index (χ4n) is 6.31. The van der Waals surface area contributed by atoms with Crippen LogP contribution >= 0.6 is 11.6 Å². The van der Waals surface area contributed by atoms with Crippen molar-refractivity contribution in [2.75, 3.05) is 25.0 Å². The first-order valence-electron chi connectivity index (χ1n) is 14.2. The van der Waals surface area contributed by atoms with E-state index in [1.807, 2.05) is 18.2 Å². The summed E-state index contributed by atoms with van der Waals surface area (Å²) in [6, 6.07) is 21.5. The van der Waals surface area contributed by atoms with Crippen LogP contribution in [0.1, 0.15) is 44.1 Å². The lowest BCUT2D eigenvalue weighted by molar-refractivity contribution is -0.116. The Bertz CT molecular complexity index is 1480. The summed E-state index contributed by atoms with van der Waals surface area (Å²) in [6.45, 7) is 2.09. The van der Waals surface area contributed by atoms with Crippen molar-refractivity contribution in [2.24, 2.45) is 0 Å². The van der Waals surface area contributed by atoms with Crippen molar-refractivity contribution in [3.8, 4) is 22.5 Å². The van der Waals surface area contributed by atoms with Crippen molar-refractivity contribution in [3.63, 3.8) is 0 Å². The Morgan fingerprint density at radius 2 is 1.76 bits per heavy atom. The number of hydrogen-bond acceptors (Lipinski definition) is 6. The fourth-order valence-corrected chi connectivity index (χ4v) is 6.49. The lowest BCUT2D eigenvalue weighted by atomic mass is 9.79. The number of tetrazole rings is 1. The van der Waals surface area contributed by atoms with Gasteiger partial charge in [0, 0.05) is 35.9 Å². The van der Waals surface area contributed by atoms with Gasteiger partial charge in [-0.25, -0.2) is 4.39 Å². The molecule has 41 heavy (non-hydrogen) atoms. The molecular weight excluding hydrogens is 541 g/mol. The number of rotatable bonds is 8. The maximum Gasteiger partial charge on any atom is 0.238 e. The lowest BCUT2D eigenvalue weighted by Crippen LogP contribution is -2.54. The van der Waals surface area contributed by atoms with Crippen molar-refractivity contribution >= 4 is 23.2 Å². The number of carbonyl (C=O) groups is 1. The van der Waals surface area contributed by atoms with Gasteiger partial charge in [0.2, 0.25) is 11.7 Å². The second-order valence-electron chi connectivity index (χ2n) is 10.9. The molecule has 0 unspecified atom stereocenters. The summed E-state index contributed by atoms with van der Waals surface area (Å²) in [5.74, 6) is -0.161. The van der Waals surface area contributed by atoms with Gasteiger partial charge in [-0.1, -0.05) is 73.0 Å². The maximum atomic E-state index is 13.6. The molecule has 6 rings (SSSR count). The van der Waals surface area contributed by atoms with Crippen LogP contribution in [-0.2, 0) is 10.3 Å². The van der Waals surface area contributed by atoms with E-state index in [0.29, 0.717) is 17.6 Å². The molecule has 4 aromatic rings. The molecule has 0 spiro atoms. The van der Waals surface area contributed by atoms with E-state index in [0.717, 1.165) is 48.2 Å². The lowest BCUT2D eigenvalue weighted by Gasteiger charge is -2.45. The molecule has 1 aliphatic heterocycles. The van der Waals surface area contributed by atoms with Crippen LogP contribution in [0.3, 0.4) is 0 Å². The van der Waals surface area contributed by atoms with Gasteiger partial charge in [0.25, 0.3) is 0 Å². The fraction of sp³-hybridized carbons (Fsp3) is 0.355. The molecular formula is C31H33ClFN7O. The molecule has 1 aliphatic carbocycles. The SMILES string of the molecule is O=C(CNC1(c2ccc(-c3ccccc3-c3nn[nH]n3)cc2)CCN(C2CCCC2)CC1)Nc1ccc(F)c(Cl)c1. The molecule has 212 valence electrons. The molecule has 0 atom stereocenters. The standard InChI is InChI=1S/C31H33ClFN7O/c32-27-19-23(13-14-28(27)33)35-29(41)20-34-31(15-17-40(18-16-31)24-5-1-2-6-24)22-11-9-21(10-12-22)25-7-3-4-8-26(25)30-36-38-39-37-30/h3-4,7-14,19,24,34H,1-2,5-6,15-18,20H2,(H,35,41)(H,36,37,38,39). The zero-order valence-corrected chi connectivity index (χ0v) is 23.5. The maximum absolute atomic E-state index is 13.6. The van der Waals surface area contributed by atoms with Gasteiger partial charge in [0.15, 0.2) is 0 Å². The molecule has 2 aliphatic rings. The zero-order valence-electron chi connectivity index (χ0n) is 22.7. The Morgan fingerprint density at radius 3 is 2.44 bits per heavy atom. The van der Waals surface area contributed by atoms with E-state index in [1.54, 1.807) is 0 Å². The second-order valence-corrected chi connectivity index (χ2v) is 11.4. The molecule has 1 aromatic heterocycles. The Morgan fingerprint density at radius 1 is 1.02 bits per heavy atom. The van der Waals surface area contributed by atoms with E-state index >= 15 is 0 Å². The summed E-state index contributed by atoms with van der Waals surface area (Å²) in [5, 5.41) is 21.0. The number of H-pyrrole nitrogens is 1. The Kier molecular flexibility index (Phi) is 8.09. The number of aromatic amines is 1. The molecule has 3 N–H and O–H groups in total. The first-order chi connectivity index (χ1) is 20.0. The minimum absolute atomic E-state index is 0.0208. The van der Waals surface area contributed by atoms with E-state index in [4.69, 9.17) is 11.6 Å². The summed E-state index contributed by atoms with van der Waals surface area (Å²) in [5.41, 5.74) is 4.26. The number of hydrogen-bond donors (Lipinski definition) is 3. The number of amides is 1. The van der Waals surface area contributed by atoms with Gasteiger partial charge < -0.3 is 10.2 Å². The quantitative estimate of drug-likeness (QED) is 0.247. The van der Waals surface area contributed by atoms with E-state index in [2.05, 4.69) is 66.5 Å². The Hall–Kier alpha value is -3.66. The second kappa shape index (κ2) is 12.1. The first-order valence-corrected chi connectivity index (χ1v) is 14.6. The van der Waals surface area contributed by atoms with Crippen LogP contribution in [0.25, 0.3) is 22.5 Å². The zero-order chi connectivity index (χ0) is 28.2. The van der Waals surface area contributed by atoms with E-state index in [1.165, 1.54) is 43.9 Å². The highest BCUT2D eigenvalue weighted by atomic mass is 35.5. The van der Waals surface area contributed by atoms with Gasteiger partial charge in [-0.05, 0) is 65.8 Å². The summed E-state index contributed by atoms with van der Waals surface area (Å²) < 4.78 is 13.6. The van der Waals surface area contributed by atoms with Crippen LogP contribution in [0.5, 0.6) is 0 Å². The average Bonchev–Trinajstić information content (AvgIpc) is 3.74. The highest BCUT2D eigenvalue weighted by Gasteiger charge is 2.38. The van der Waals surface area contributed by atoms with Crippen LogP contribution in [-0.4, -0.2) is 57.1 Å². The molecule has 10 heteroatoms. The van der Waals surface area contributed by atoms with Crippen LogP contribution in [0, 0.1) is 5.82 Å². The molecule has 1 saturated carbocycles. The largest absolute Gasteiger partial charge is 0.325 e. The highest BCUT2D eigenvalue weighted by molar-refractivity contribution is 6.31. The van der Waals surface area contributed by atoms with Crippen LogP contribution in [0.4, 0.5) is 10.1 Å². The minimum atomic E-state index is -0.515. The van der Waals surface area contributed by atoms with Crippen molar-refractivity contribution in [3.05, 3.63) is 83.1 Å². The Balaban J connectivity index is 1.22. The van der Waals surface area contributed by atoms with E-state index < -0.39 is 5.82 Å². The van der Waals surface area contributed by atoms with E-state index in [9.17, 15) is 9.18 Å². The Labute approximate surface area is 243 Å². The average molecular weight is 574 g/mol. The molecule has 8 nitrogen and oxygen atoms in total. The number of carbonyl (C=O) groups excluding carboxylic acids is 1. The first kappa shape index (κ1) is 27.5. The topological polar surface area (TPSA) is 98.8 Å². The van der Waals surface area contributed by atoms with Gasteiger partial charge in [-0.2, -0.15) is 5.21 Å². The van der Waals surface area contributed by atoms with Gasteiger partial charge in [0.05, 0.1) is 11.6 Å². The normalized spacial score (nSPS) is 17.5. The van der Waals surface area contributed by atoms with Crippen LogP contribution in [0.2, 0.25) is 5.02 Å². The molecule has 0 radical (unpaired) electrons. The third-order valence-electron chi connectivity index (χ3n) is 8.55. The number of piperidine rings is 1. The van der Waals surface area contributed by atoms with Crippen molar-refractivity contribution in [1.82, 2.24) is 30.8 Å². The molecule has 2 fully saturated rings. The third kappa shape index (κ3) is 6.02. The molecule has 1 saturated heterocycles. The smallest absolute Gasteiger partial charge is 0.238 e. The van der Waals surface area contributed by atoms with Gasteiger partial charge in [-0.15, -0.1) is 10.2 Å². The predicted molar refractivity (Wildman–Crippen MR) is 158 cm³/mol. The van der Waals surface area contributed by atoms with Gasteiger partial charge in [0.1, 0.15) is 5.82 Å². The highest BCUT2D eigenvalue weighted by Crippen LogP contribution is 2.38. The van der Waals surface area contributed by atoms with E-state index in [-0.39, 0.29) is 23.0 Å². The number of nitrogens with one attached hydrogen (secondary N) is 3. The number of nitrogens with zero attached hydrogens (tertiary/aromatic N) is 4. The summed E-state index contributed by atoms with van der Waals surface area (Å²) in [4.78, 5) is 15.6. The van der Waals surface area contributed by atoms with Crippen molar-refractivity contribution in [1.29, 1.82) is 0 Å². The molecule has 2 heterocycles. The molecule has 0 bridgehead atoms. The molecule has 1 amide bonds. The third-order valence-corrected chi connectivity index (χ3v) is 8.83. The van der Waals surface area contributed by atoms with Gasteiger partial charge >= 0.3 is 0 Å². The van der Waals surface area contributed by atoms with Crippen molar-refractivity contribution < 1.29 is 9.18 Å². The van der Waals surface area contributed by atoms with Gasteiger partial charge in [-0.3, -0.25) is 10.1 Å². The minimum Gasteiger partial charge on any atom is -0.325 e.